The van der Waals surface area contributed by atoms with Crippen LogP contribution in [-0.4, -0.2) is 24.0 Å². The molecule has 2 heterocycles. The Morgan fingerprint density at radius 1 is 1.13 bits per heavy atom. The van der Waals surface area contributed by atoms with Crippen LogP contribution in [0.5, 0.6) is 0 Å². The predicted octanol–water partition coefficient (Wildman–Crippen LogP) is 4.91. The quantitative estimate of drug-likeness (QED) is 0.618. The van der Waals surface area contributed by atoms with Crippen molar-refractivity contribution in [2.45, 2.75) is 38.9 Å². The smallest absolute Gasteiger partial charge is 0.224 e. The molecule has 31 heavy (non-hydrogen) atoms. The second kappa shape index (κ2) is 8.86. The molecule has 2 aromatic carbocycles. The summed E-state index contributed by atoms with van der Waals surface area (Å²) in [5.74, 6) is 0.272. The number of rotatable bonds is 5. The van der Waals surface area contributed by atoms with Gasteiger partial charge in [-0.3, -0.25) is 4.79 Å². The standard InChI is InChI=1S/C25H27FN4O/c1-16-12-23(29-25-11-9-21(26)15-28-25)22-13-20(8-10-24(22)30(16)17(2)31)19-6-4-18(5-7-19)14-27-3/h4-11,13,15-16,23,27H,12,14H2,1-3H3,(H,28,29). The van der Waals surface area contributed by atoms with Gasteiger partial charge in [0.1, 0.15) is 11.6 Å². The number of hydrogen-bond donors (Lipinski definition) is 2. The molecule has 3 aromatic rings. The Labute approximate surface area is 182 Å². The minimum Gasteiger partial charge on any atom is -0.363 e. The van der Waals surface area contributed by atoms with Crippen LogP contribution >= 0.6 is 0 Å². The highest BCUT2D eigenvalue weighted by atomic mass is 19.1. The van der Waals surface area contributed by atoms with E-state index in [2.05, 4.69) is 52.0 Å². The Kier molecular flexibility index (Phi) is 6.00. The first-order chi connectivity index (χ1) is 15.0. The van der Waals surface area contributed by atoms with Gasteiger partial charge in [-0.2, -0.15) is 0 Å². The fourth-order valence-electron chi connectivity index (χ4n) is 4.32. The van der Waals surface area contributed by atoms with E-state index in [0.717, 1.165) is 35.3 Å². The van der Waals surface area contributed by atoms with Crippen LogP contribution in [-0.2, 0) is 11.3 Å². The topological polar surface area (TPSA) is 57.3 Å². The van der Waals surface area contributed by atoms with Gasteiger partial charge < -0.3 is 15.5 Å². The number of anilines is 2. The van der Waals surface area contributed by atoms with Gasteiger partial charge in [-0.15, -0.1) is 0 Å². The Bertz CT molecular complexity index is 1070. The van der Waals surface area contributed by atoms with Crippen molar-refractivity contribution in [3.05, 3.63) is 77.7 Å². The van der Waals surface area contributed by atoms with Crippen molar-refractivity contribution in [2.75, 3.05) is 17.3 Å². The fraction of sp³-hybridized carbons (Fsp3) is 0.280. The van der Waals surface area contributed by atoms with Gasteiger partial charge in [0.25, 0.3) is 0 Å². The molecule has 1 amide bonds. The summed E-state index contributed by atoms with van der Waals surface area (Å²) in [7, 11) is 1.93. The lowest BCUT2D eigenvalue weighted by molar-refractivity contribution is -0.117. The maximum atomic E-state index is 13.3. The first kappa shape index (κ1) is 21.0. The molecule has 1 aliphatic rings. The third kappa shape index (κ3) is 4.44. The van der Waals surface area contributed by atoms with Gasteiger partial charge in [0, 0.05) is 25.2 Å². The number of pyridine rings is 1. The lowest BCUT2D eigenvalue weighted by Crippen LogP contribution is -2.43. The normalized spacial score (nSPS) is 17.9. The van der Waals surface area contributed by atoms with E-state index in [0.29, 0.717) is 5.82 Å². The highest BCUT2D eigenvalue weighted by Gasteiger charge is 2.32. The van der Waals surface area contributed by atoms with Gasteiger partial charge in [-0.1, -0.05) is 30.3 Å². The monoisotopic (exact) mass is 418 g/mol. The van der Waals surface area contributed by atoms with Crippen LogP contribution in [0.15, 0.2) is 60.8 Å². The number of nitrogens with one attached hydrogen (secondary N) is 2. The predicted molar refractivity (Wildman–Crippen MR) is 122 cm³/mol. The minimum absolute atomic E-state index is 0.0243. The van der Waals surface area contributed by atoms with Crippen LogP contribution in [0.1, 0.15) is 37.4 Å². The molecule has 0 saturated heterocycles. The molecule has 2 atom stereocenters. The summed E-state index contributed by atoms with van der Waals surface area (Å²) in [4.78, 5) is 18.4. The number of amides is 1. The Morgan fingerprint density at radius 3 is 2.52 bits per heavy atom. The number of halogens is 1. The number of hydrogen-bond acceptors (Lipinski definition) is 4. The first-order valence-corrected chi connectivity index (χ1v) is 10.5. The van der Waals surface area contributed by atoms with Gasteiger partial charge in [-0.25, -0.2) is 9.37 Å². The van der Waals surface area contributed by atoms with Crippen LogP contribution in [0, 0.1) is 5.82 Å². The van der Waals surface area contributed by atoms with E-state index in [1.54, 1.807) is 13.0 Å². The van der Waals surface area contributed by atoms with E-state index < -0.39 is 0 Å². The molecule has 0 fully saturated rings. The van der Waals surface area contributed by atoms with Crippen molar-refractivity contribution < 1.29 is 9.18 Å². The Hall–Kier alpha value is -3.25. The largest absolute Gasteiger partial charge is 0.363 e. The summed E-state index contributed by atoms with van der Waals surface area (Å²) >= 11 is 0. The van der Waals surface area contributed by atoms with E-state index in [-0.39, 0.29) is 23.8 Å². The number of fused-ring (bicyclic) bond motifs is 1. The zero-order valence-electron chi connectivity index (χ0n) is 18.0. The number of carbonyl (C=O) groups is 1. The van der Waals surface area contributed by atoms with E-state index in [4.69, 9.17) is 0 Å². The molecule has 0 aliphatic carbocycles. The average Bonchev–Trinajstić information content (AvgIpc) is 2.75. The van der Waals surface area contributed by atoms with Crippen molar-refractivity contribution in [3.8, 4) is 11.1 Å². The van der Waals surface area contributed by atoms with Crippen LogP contribution in [0.3, 0.4) is 0 Å². The van der Waals surface area contributed by atoms with Crippen LogP contribution in [0.25, 0.3) is 11.1 Å². The van der Waals surface area contributed by atoms with Crippen molar-refractivity contribution >= 4 is 17.4 Å². The molecular weight excluding hydrogens is 391 g/mol. The molecule has 6 heteroatoms. The number of carbonyl (C=O) groups excluding carboxylic acids is 1. The number of aromatic nitrogens is 1. The highest BCUT2D eigenvalue weighted by Crippen LogP contribution is 2.41. The van der Waals surface area contributed by atoms with Crippen LogP contribution in [0.2, 0.25) is 0 Å². The summed E-state index contributed by atoms with van der Waals surface area (Å²) in [5, 5.41) is 6.60. The molecule has 0 spiro atoms. The second-order valence-electron chi connectivity index (χ2n) is 8.03. The maximum absolute atomic E-state index is 13.3. The second-order valence-corrected chi connectivity index (χ2v) is 8.03. The number of nitrogens with zero attached hydrogens (tertiary/aromatic N) is 2. The molecule has 1 aliphatic heterocycles. The molecule has 2 unspecified atom stereocenters. The molecular formula is C25H27FN4O. The molecule has 1 aromatic heterocycles. The molecule has 0 saturated carbocycles. The third-order valence-electron chi connectivity index (χ3n) is 5.74. The van der Waals surface area contributed by atoms with Gasteiger partial charge in [0.05, 0.1) is 12.2 Å². The first-order valence-electron chi connectivity index (χ1n) is 10.5. The van der Waals surface area contributed by atoms with E-state index in [1.165, 1.54) is 17.8 Å². The molecule has 5 nitrogen and oxygen atoms in total. The van der Waals surface area contributed by atoms with Crippen molar-refractivity contribution in [2.24, 2.45) is 0 Å². The van der Waals surface area contributed by atoms with Crippen LogP contribution in [0.4, 0.5) is 15.9 Å². The summed E-state index contributed by atoms with van der Waals surface area (Å²) in [5.41, 5.74) is 5.38. The maximum Gasteiger partial charge on any atom is 0.224 e. The van der Waals surface area contributed by atoms with E-state index in [1.807, 2.05) is 24.9 Å². The van der Waals surface area contributed by atoms with Gasteiger partial charge in [0.2, 0.25) is 5.91 Å². The van der Waals surface area contributed by atoms with Gasteiger partial charge in [0.15, 0.2) is 0 Å². The highest BCUT2D eigenvalue weighted by molar-refractivity contribution is 5.94. The number of benzene rings is 2. The van der Waals surface area contributed by atoms with Crippen molar-refractivity contribution in [1.82, 2.24) is 10.3 Å². The van der Waals surface area contributed by atoms with Gasteiger partial charge in [-0.05, 0) is 66.9 Å². The summed E-state index contributed by atoms with van der Waals surface area (Å²) in [6, 6.07) is 17.7. The fourth-order valence-corrected chi connectivity index (χ4v) is 4.32. The summed E-state index contributed by atoms with van der Waals surface area (Å²) < 4.78 is 13.3. The zero-order valence-corrected chi connectivity index (χ0v) is 18.0. The minimum atomic E-state index is -0.366. The summed E-state index contributed by atoms with van der Waals surface area (Å²) in [6.45, 7) is 4.47. The lowest BCUT2D eigenvalue weighted by Gasteiger charge is -2.39. The molecule has 4 rings (SSSR count). The van der Waals surface area contributed by atoms with Crippen molar-refractivity contribution in [3.63, 3.8) is 0 Å². The molecule has 0 bridgehead atoms. The van der Waals surface area contributed by atoms with E-state index in [9.17, 15) is 9.18 Å². The summed E-state index contributed by atoms with van der Waals surface area (Å²) in [6.07, 6.45) is 1.94. The van der Waals surface area contributed by atoms with Gasteiger partial charge >= 0.3 is 0 Å². The molecule has 0 radical (unpaired) electrons. The Morgan fingerprint density at radius 2 is 1.87 bits per heavy atom. The van der Waals surface area contributed by atoms with Crippen molar-refractivity contribution in [1.29, 1.82) is 0 Å². The molecule has 2 N–H and O–H groups in total. The van der Waals surface area contributed by atoms with Crippen LogP contribution < -0.4 is 15.5 Å². The zero-order chi connectivity index (χ0) is 22.0. The Balaban J connectivity index is 1.72. The SMILES string of the molecule is CNCc1ccc(-c2ccc3c(c2)C(Nc2ccc(F)cn2)CC(C)N3C(C)=O)cc1. The van der Waals surface area contributed by atoms with E-state index >= 15 is 0 Å². The molecule has 160 valence electrons. The average molecular weight is 419 g/mol. The lowest BCUT2D eigenvalue weighted by atomic mass is 9.89. The third-order valence-corrected chi connectivity index (χ3v) is 5.74.